The summed E-state index contributed by atoms with van der Waals surface area (Å²) in [6.45, 7) is 3.51. The van der Waals surface area contributed by atoms with E-state index in [2.05, 4.69) is 20.3 Å². The van der Waals surface area contributed by atoms with Crippen molar-refractivity contribution in [2.45, 2.75) is 19.1 Å². The first-order valence-corrected chi connectivity index (χ1v) is 10.0. The van der Waals surface area contributed by atoms with Crippen molar-refractivity contribution in [1.82, 2.24) is 19.9 Å². The monoisotopic (exact) mass is 441 g/mol. The number of ether oxygens (including phenoxy) is 2. The zero-order chi connectivity index (χ0) is 22.5. The fraction of sp³-hybridized carbons (Fsp3) is 0.273. The van der Waals surface area contributed by atoms with Crippen molar-refractivity contribution < 1.29 is 23.0 Å². The van der Waals surface area contributed by atoms with E-state index < -0.39 is 17.7 Å². The van der Waals surface area contributed by atoms with E-state index in [1.807, 2.05) is 24.0 Å². The zero-order valence-electron chi connectivity index (χ0n) is 17.2. The predicted molar refractivity (Wildman–Crippen MR) is 111 cm³/mol. The fourth-order valence-electron chi connectivity index (χ4n) is 3.30. The third-order valence-corrected chi connectivity index (χ3v) is 5.09. The van der Waals surface area contributed by atoms with Crippen molar-refractivity contribution in [2.75, 3.05) is 25.0 Å². The molecule has 1 aliphatic heterocycles. The van der Waals surface area contributed by atoms with E-state index in [0.717, 1.165) is 17.7 Å². The first-order valence-electron chi connectivity index (χ1n) is 10.0. The number of halogens is 2. The van der Waals surface area contributed by atoms with Gasteiger partial charge in [-0.3, -0.25) is 14.7 Å². The molecule has 166 valence electrons. The van der Waals surface area contributed by atoms with Crippen LogP contribution in [-0.4, -0.2) is 51.5 Å². The van der Waals surface area contributed by atoms with Crippen molar-refractivity contribution in [3.63, 3.8) is 0 Å². The maximum atomic E-state index is 13.7. The van der Waals surface area contributed by atoms with Crippen molar-refractivity contribution in [2.24, 2.45) is 0 Å². The van der Waals surface area contributed by atoms with Gasteiger partial charge in [0.25, 0.3) is 0 Å². The molecule has 10 heteroatoms. The van der Waals surface area contributed by atoms with Gasteiger partial charge in [0.2, 0.25) is 11.8 Å². The Morgan fingerprint density at radius 3 is 2.75 bits per heavy atom. The molecule has 0 bridgehead atoms. The number of carbonyl (C=O) groups is 1. The number of nitrogens with zero attached hydrogens (tertiary/aromatic N) is 4. The summed E-state index contributed by atoms with van der Waals surface area (Å²) >= 11 is 0. The lowest BCUT2D eigenvalue weighted by molar-refractivity contribution is -0.124. The summed E-state index contributed by atoms with van der Waals surface area (Å²) in [7, 11) is 0. The highest BCUT2D eigenvalue weighted by atomic mass is 19.1. The summed E-state index contributed by atoms with van der Waals surface area (Å²) < 4.78 is 37.8. The standard InChI is InChI=1S/C22H21F2N5O3/c1-14(29-8-9-31-19(13-29)15-4-6-25-7-5-15)22(30)28-20-11-27-21(12-26-20)32-18-3-2-16(23)10-17(18)24/h2-7,10-12,14,19H,8-9,13H2,1H3,(H,26,28,30). The van der Waals surface area contributed by atoms with Gasteiger partial charge in [-0.15, -0.1) is 0 Å². The van der Waals surface area contributed by atoms with Crippen LogP contribution in [0.15, 0.2) is 55.1 Å². The average Bonchev–Trinajstić information content (AvgIpc) is 2.82. The molecule has 32 heavy (non-hydrogen) atoms. The number of carbonyl (C=O) groups excluding carboxylic acids is 1. The number of pyridine rings is 1. The van der Waals surface area contributed by atoms with Gasteiger partial charge in [0, 0.05) is 31.5 Å². The Morgan fingerprint density at radius 1 is 1.22 bits per heavy atom. The van der Waals surface area contributed by atoms with Crippen LogP contribution >= 0.6 is 0 Å². The van der Waals surface area contributed by atoms with Crippen LogP contribution < -0.4 is 10.1 Å². The Labute approximate surface area is 183 Å². The maximum Gasteiger partial charge on any atom is 0.242 e. The normalized spacial score (nSPS) is 17.5. The lowest BCUT2D eigenvalue weighted by Gasteiger charge is -2.36. The number of nitrogens with one attached hydrogen (secondary N) is 1. The number of hydrogen-bond donors (Lipinski definition) is 1. The number of anilines is 1. The first kappa shape index (κ1) is 21.7. The van der Waals surface area contributed by atoms with Crippen LogP contribution in [0.5, 0.6) is 11.6 Å². The molecule has 2 unspecified atom stereocenters. The molecule has 1 saturated heterocycles. The van der Waals surface area contributed by atoms with Crippen molar-refractivity contribution in [3.8, 4) is 11.6 Å². The van der Waals surface area contributed by atoms with Gasteiger partial charge in [0.05, 0.1) is 31.1 Å². The molecule has 1 fully saturated rings. The minimum Gasteiger partial charge on any atom is -0.434 e. The van der Waals surface area contributed by atoms with Gasteiger partial charge in [0.1, 0.15) is 5.82 Å². The summed E-state index contributed by atoms with van der Waals surface area (Å²) in [5.74, 6) is -1.74. The lowest BCUT2D eigenvalue weighted by Crippen LogP contribution is -2.48. The van der Waals surface area contributed by atoms with E-state index >= 15 is 0 Å². The molecule has 1 aliphatic rings. The highest BCUT2D eigenvalue weighted by Crippen LogP contribution is 2.24. The highest BCUT2D eigenvalue weighted by molar-refractivity contribution is 5.93. The lowest BCUT2D eigenvalue weighted by atomic mass is 10.1. The zero-order valence-corrected chi connectivity index (χ0v) is 17.2. The largest absolute Gasteiger partial charge is 0.434 e. The third-order valence-electron chi connectivity index (χ3n) is 5.09. The summed E-state index contributed by atoms with van der Waals surface area (Å²) in [5, 5.41) is 2.72. The van der Waals surface area contributed by atoms with Gasteiger partial charge in [-0.05, 0) is 36.8 Å². The van der Waals surface area contributed by atoms with Crippen LogP contribution in [0.4, 0.5) is 14.6 Å². The van der Waals surface area contributed by atoms with Crippen LogP contribution in [0, 0.1) is 11.6 Å². The SMILES string of the molecule is CC(C(=O)Nc1cnc(Oc2ccc(F)cc2F)cn1)N1CCOC(c2ccncc2)C1. The molecule has 8 nitrogen and oxygen atoms in total. The van der Waals surface area contributed by atoms with E-state index in [4.69, 9.17) is 9.47 Å². The third kappa shape index (κ3) is 5.21. The summed E-state index contributed by atoms with van der Waals surface area (Å²) in [6.07, 6.45) is 5.84. The van der Waals surface area contributed by atoms with Crippen LogP contribution in [0.3, 0.4) is 0 Å². The van der Waals surface area contributed by atoms with Crippen LogP contribution in [0.2, 0.25) is 0 Å². The molecule has 2 atom stereocenters. The van der Waals surface area contributed by atoms with Gasteiger partial charge in [-0.2, -0.15) is 0 Å². The number of hydrogen-bond acceptors (Lipinski definition) is 7. The van der Waals surface area contributed by atoms with E-state index in [-0.39, 0.29) is 29.5 Å². The van der Waals surface area contributed by atoms with Crippen molar-refractivity contribution in [3.05, 3.63) is 72.3 Å². The van der Waals surface area contributed by atoms with E-state index in [1.165, 1.54) is 12.4 Å². The summed E-state index contributed by atoms with van der Waals surface area (Å²) in [5.41, 5.74) is 1.01. The van der Waals surface area contributed by atoms with E-state index in [0.29, 0.717) is 25.8 Å². The summed E-state index contributed by atoms with van der Waals surface area (Å²) in [4.78, 5) is 26.9. The van der Waals surface area contributed by atoms with Gasteiger partial charge in [-0.1, -0.05) is 0 Å². The van der Waals surface area contributed by atoms with E-state index in [9.17, 15) is 13.6 Å². The molecule has 2 aromatic heterocycles. The molecule has 0 aliphatic carbocycles. The first-order chi connectivity index (χ1) is 15.5. The topological polar surface area (TPSA) is 89.5 Å². The minimum atomic E-state index is -0.853. The Kier molecular flexibility index (Phi) is 6.62. The van der Waals surface area contributed by atoms with Crippen LogP contribution in [0.25, 0.3) is 0 Å². The Balaban J connectivity index is 1.35. The number of aromatic nitrogens is 3. The second kappa shape index (κ2) is 9.75. The molecule has 4 rings (SSSR count). The van der Waals surface area contributed by atoms with Gasteiger partial charge >= 0.3 is 0 Å². The van der Waals surface area contributed by atoms with Gasteiger partial charge < -0.3 is 14.8 Å². The number of morpholine rings is 1. The Morgan fingerprint density at radius 2 is 2.03 bits per heavy atom. The second-order valence-electron chi connectivity index (χ2n) is 7.22. The molecule has 1 N–H and O–H groups in total. The average molecular weight is 441 g/mol. The van der Waals surface area contributed by atoms with Crippen molar-refractivity contribution >= 4 is 11.7 Å². The molecule has 1 aromatic carbocycles. The molecule has 3 aromatic rings. The maximum absolute atomic E-state index is 13.7. The Hall–Kier alpha value is -3.50. The van der Waals surface area contributed by atoms with Crippen LogP contribution in [0.1, 0.15) is 18.6 Å². The molecule has 0 spiro atoms. The predicted octanol–water partition coefficient (Wildman–Crippen LogP) is 3.34. The minimum absolute atomic E-state index is 0.00919. The fourth-order valence-corrected chi connectivity index (χ4v) is 3.30. The number of amides is 1. The Bertz CT molecular complexity index is 1070. The highest BCUT2D eigenvalue weighted by Gasteiger charge is 2.29. The summed E-state index contributed by atoms with van der Waals surface area (Å²) in [6, 6.07) is 6.32. The van der Waals surface area contributed by atoms with Crippen molar-refractivity contribution in [1.29, 1.82) is 0 Å². The molecular formula is C22H21F2N5O3. The van der Waals surface area contributed by atoms with Crippen LogP contribution in [-0.2, 0) is 9.53 Å². The number of benzene rings is 1. The quantitative estimate of drug-likeness (QED) is 0.628. The molecule has 0 radical (unpaired) electrons. The smallest absolute Gasteiger partial charge is 0.242 e. The second-order valence-corrected chi connectivity index (χ2v) is 7.22. The molecule has 0 saturated carbocycles. The molecule has 1 amide bonds. The van der Waals surface area contributed by atoms with E-state index in [1.54, 1.807) is 12.4 Å². The van der Waals surface area contributed by atoms with Gasteiger partial charge in [0.15, 0.2) is 17.4 Å². The van der Waals surface area contributed by atoms with Gasteiger partial charge in [-0.25, -0.2) is 18.7 Å². The molecule has 3 heterocycles. The number of rotatable bonds is 6. The molecular weight excluding hydrogens is 420 g/mol.